The second-order valence-electron chi connectivity index (χ2n) is 7.73. The van der Waals surface area contributed by atoms with Gasteiger partial charge in [0.2, 0.25) is 0 Å². The Morgan fingerprint density at radius 3 is 2.21 bits per heavy atom. The molecule has 0 heteroatoms. The Morgan fingerprint density at radius 1 is 0.862 bits per heavy atom. The molecule has 2 aromatic carbocycles. The standard InChI is InChI=1S/C29H34/c1-6-14-26-17-9-7-8-10-18-27(29-20-12-11-19-28(26)29)25(5)22-21-24(4)16-13-15-23(2)3/h7-13,15,17-23H,4-6,14,16H2,1-3H3/b8-7?,9-7?,10-8?,15-13-,17-9?,18-10?,22-21-,26-17?,27-18?,28-26?,29-27?. The second kappa shape index (κ2) is 11.9. The van der Waals surface area contributed by atoms with E-state index in [1.54, 1.807) is 0 Å². The summed E-state index contributed by atoms with van der Waals surface area (Å²) < 4.78 is 0. The predicted octanol–water partition coefficient (Wildman–Crippen LogP) is 8.64. The quantitative estimate of drug-likeness (QED) is 0.316. The van der Waals surface area contributed by atoms with Gasteiger partial charge in [-0.3, -0.25) is 0 Å². The molecule has 0 fully saturated rings. The van der Waals surface area contributed by atoms with Crippen LogP contribution in [-0.4, -0.2) is 0 Å². The van der Waals surface area contributed by atoms with Gasteiger partial charge in [-0.05, 0) is 46.2 Å². The summed E-state index contributed by atoms with van der Waals surface area (Å²) in [4.78, 5) is 0. The van der Waals surface area contributed by atoms with Crippen LogP contribution in [-0.2, 0) is 6.42 Å². The molecule has 29 heavy (non-hydrogen) atoms. The minimum Gasteiger partial charge on any atom is -0.0955 e. The van der Waals surface area contributed by atoms with Crippen LogP contribution in [0.1, 0.15) is 44.7 Å². The first-order chi connectivity index (χ1) is 14.0. The summed E-state index contributed by atoms with van der Waals surface area (Å²) in [7, 11) is 0. The van der Waals surface area contributed by atoms with Gasteiger partial charge in [0.25, 0.3) is 0 Å². The van der Waals surface area contributed by atoms with Gasteiger partial charge in [-0.1, -0.05) is 131 Å². The molecular weight excluding hydrogens is 348 g/mol. The Kier molecular flexibility index (Phi) is 9.18. The summed E-state index contributed by atoms with van der Waals surface area (Å²) in [6.45, 7) is 15.1. The van der Waals surface area contributed by atoms with Crippen molar-refractivity contribution in [1.82, 2.24) is 0 Å². The average Bonchev–Trinajstić information content (AvgIpc) is 2.70. The van der Waals surface area contributed by atoms with E-state index >= 15 is 0 Å². The highest BCUT2D eigenvalue weighted by atomic mass is 14.1. The van der Waals surface area contributed by atoms with Gasteiger partial charge in [-0.2, -0.15) is 0 Å². The van der Waals surface area contributed by atoms with Crippen LogP contribution in [0, 0.1) is 5.92 Å². The maximum absolute atomic E-state index is 4.37. The molecule has 0 aliphatic rings. The van der Waals surface area contributed by atoms with Crippen LogP contribution < -0.4 is 0 Å². The van der Waals surface area contributed by atoms with Crippen LogP contribution in [0.2, 0.25) is 0 Å². The molecule has 0 atom stereocenters. The van der Waals surface area contributed by atoms with Crippen LogP contribution in [0.4, 0.5) is 0 Å². The van der Waals surface area contributed by atoms with Crippen LogP contribution in [0.25, 0.3) is 16.3 Å². The Hall–Kier alpha value is -2.86. The molecule has 0 nitrogen and oxygen atoms in total. The molecule has 0 unspecified atom stereocenters. The molecular formula is C29H34. The maximum atomic E-state index is 4.37. The summed E-state index contributed by atoms with van der Waals surface area (Å²) >= 11 is 0. The zero-order chi connectivity index (χ0) is 21.1. The van der Waals surface area contributed by atoms with E-state index in [2.05, 4.69) is 119 Å². The van der Waals surface area contributed by atoms with E-state index in [4.69, 9.17) is 0 Å². The number of hydrogen-bond acceptors (Lipinski definition) is 0. The van der Waals surface area contributed by atoms with Crippen molar-refractivity contribution in [3.63, 3.8) is 0 Å². The molecule has 0 bridgehead atoms. The van der Waals surface area contributed by atoms with Crippen molar-refractivity contribution in [2.45, 2.75) is 40.0 Å². The number of benzene rings is 1. The van der Waals surface area contributed by atoms with Crippen LogP contribution in [0.5, 0.6) is 0 Å². The molecule has 0 aromatic heterocycles. The highest BCUT2D eigenvalue weighted by Crippen LogP contribution is 2.26. The zero-order valence-corrected chi connectivity index (χ0v) is 18.2. The normalized spacial score (nSPS) is 11.3. The lowest BCUT2D eigenvalue weighted by molar-refractivity contribution is 0.827. The van der Waals surface area contributed by atoms with Crippen molar-refractivity contribution >= 4 is 16.3 Å². The predicted molar refractivity (Wildman–Crippen MR) is 131 cm³/mol. The number of rotatable bonds is 8. The van der Waals surface area contributed by atoms with E-state index in [-0.39, 0.29) is 0 Å². The zero-order valence-electron chi connectivity index (χ0n) is 18.2. The van der Waals surface area contributed by atoms with Crippen LogP contribution >= 0.6 is 0 Å². The number of fused-ring (bicyclic) bond motifs is 1. The van der Waals surface area contributed by atoms with Gasteiger partial charge in [0.1, 0.15) is 0 Å². The van der Waals surface area contributed by atoms with E-state index in [9.17, 15) is 0 Å². The van der Waals surface area contributed by atoms with Gasteiger partial charge in [-0.15, -0.1) is 0 Å². The molecule has 0 saturated carbocycles. The first-order valence-electron chi connectivity index (χ1n) is 10.6. The van der Waals surface area contributed by atoms with E-state index < -0.39 is 0 Å². The third-order valence-corrected chi connectivity index (χ3v) is 4.74. The average molecular weight is 383 g/mol. The molecule has 0 spiro atoms. The molecule has 0 aliphatic heterocycles. The number of aryl methyl sites for hydroxylation is 1. The van der Waals surface area contributed by atoms with Gasteiger partial charge in [0, 0.05) is 0 Å². The maximum Gasteiger partial charge on any atom is -0.0103 e. The van der Waals surface area contributed by atoms with E-state index in [0.717, 1.165) is 36.0 Å². The van der Waals surface area contributed by atoms with Gasteiger partial charge in [0.05, 0.1) is 0 Å². The summed E-state index contributed by atoms with van der Waals surface area (Å²) in [6, 6.07) is 21.4. The SMILES string of the molecule is C=C(/C=C\C(=C)c1ccccccc(CCC)c2ccccc12)C/C=C\C(C)C. The minimum atomic E-state index is 0.567. The van der Waals surface area contributed by atoms with Crippen molar-refractivity contribution < 1.29 is 0 Å². The van der Waals surface area contributed by atoms with Crippen molar-refractivity contribution in [3.8, 4) is 0 Å². The largest absolute Gasteiger partial charge is 0.0955 e. The summed E-state index contributed by atoms with van der Waals surface area (Å²) in [5.41, 5.74) is 4.59. The topological polar surface area (TPSA) is 0 Å². The van der Waals surface area contributed by atoms with Crippen LogP contribution in [0.3, 0.4) is 0 Å². The van der Waals surface area contributed by atoms with Crippen molar-refractivity contribution in [2.75, 3.05) is 0 Å². The Bertz CT molecular complexity index is 952. The lowest BCUT2D eigenvalue weighted by Crippen LogP contribution is -1.87. The lowest BCUT2D eigenvalue weighted by atomic mass is 9.96. The number of allylic oxidation sites excluding steroid dienone is 6. The van der Waals surface area contributed by atoms with Crippen molar-refractivity contribution in [3.05, 3.63) is 115 Å². The molecule has 2 rings (SSSR count). The molecule has 0 heterocycles. The van der Waals surface area contributed by atoms with Gasteiger partial charge >= 0.3 is 0 Å². The Balaban J connectivity index is 2.48. The second-order valence-corrected chi connectivity index (χ2v) is 7.73. The smallest absolute Gasteiger partial charge is 0.0103 e. The summed E-state index contributed by atoms with van der Waals surface area (Å²) in [5, 5.41) is 2.51. The minimum absolute atomic E-state index is 0.567. The molecule has 0 amide bonds. The molecule has 0 aliphatic carbocycles. The summed E-state index contributed by atoms with van der Waals surface area (Å²) in [5.74, 6) is 0.567. The third-order valence-electron chi connectivity index (χ3n) is 4.74. The highest BCUT2D eigenvalue weighted by Gasteiger charge is 2.03. The van der Waals surface area contributed by atoms with Crippen LogP contribution in [0.15, 0.2) is 104 Å². The Morgan fingerprint density at radius 2 is 1.52 bits per heavy atom. The molecule has 150 valence electrons. The van der Waals surface area contributed by atoms with E-state index in [1.807, 2.05) is 0 Å². The molecule has 0 N–H and O–H groups in total. The molecule has 0 radical (unpaired) electrons. The summed E-state index contributed by atoms with van der Waals surface area (Å²) in [6.07, 6.45) is 11.6. The van der Waals surface area contributed by atoms with E-state index in [0.29, 0.717) is 5.92 Å². The van der Waals surface area contributed by atoms with Gasteiger partial charge < -0.3 is 0 Å². The Labute approximate surface area is 177 Å². The molecule has 2 aromatic rings. The van der Waals surface area contributed by atoms with Crippen molar-refractivity contribution in [2.24, 2.45) is 5.92 Å². The number of hydrogen-bond donors (Lipinski definition) is 0. The first-order valence-corrected chi connectivity index (χ1v) is 10.6. The van der Waals surface area contributed by atoms with Gasteiger partial charge in [-0.25, -0.2) is 0 Å². The van der Waals surface area contributed by atoms with Crippen molar-refractivity contribution in [1.29, 1.82) is 0 Å². The fourth-order valence-corrected chi connectivity index (χ4v) is 3.26. The highest BCUT2D eigenvalue weighted by molar-refractivity contribution is 5.96. The van der Waals surface area contributed by atoms with Gasteiger partial charge in [0.15, 0.2) is 0 Å². The molecule has 0 saturated heterocycles. The first kappa shape index (κ1) is 22.4. The third kappa shape index (κ3) is 7.23. The fraction of sp³-hybridized carbons (Fsp3) is 0.241. The monoisotopic (exact) mass is 382 g/mol. The lowest BCUT2D eigenvalue weighted by Gasteiger charge is -2.08. The van der Waals surface area contributed by atoms with E-state index in [1.165, 1.54) is 16.3 Å². The fourth-order valence-electron chi connectivity index (χ4n) is 3.26.